The second-order valence-electron chi connectivity index (χ2n) is 4.66. The van der Waals surface area contributed by atoms with Crippen LogP contribution in [0.2, 0.25) is 5.02 Å². The first-order valence-corrected chi connectivity index (χ1v) is 7.00. The van der Waals surface area contributed by atoms with E-state index in [4.69, 9.17) is 16.8 Å². The van der Waals surface area contributed by atoms with E-state index in [0.29, 0.717) is 10.6 Å². The zero-order valence-corrected chi connectivity index (χ0v) is 12.6. The number of Topliss-reactive ketones (excluding diaryl/α,β-unsaturated/α-hetero) is 1. The maximum Gasteiger partial charge on any atom is 0.292 e. The number of ketones is 1. The predicted octanol–water partition coefficient (Wildman–Crippen LogP) is 1.96. The third-order valence-corrected chi connectivity index (χ3v) is 3.30. The van der Waals surface area contributed by atoms with Gasteiger partial charge in [0.15, 0.2) is 0 Å². The van der Waals surface area contributed by atoms with E-state index in [9.17, 15) is 14.4 Å². The monoisotopic (exact) mass is 332 g/mol. The molecular formula is C16H13ClN2O4. The van der Waals surface area contributed by atoms with Gasteiger partial charge in [-0.2, -0.15) is 0 Å². The Morgan fingerprint density at radius 2 is 1.70 bits per heavy atom. The fourth-order valence-corrected chi connectivity index (χ4v) is 2.05. The number of amides is 2. The highest BCUT2D eigenvalue weighted by Gasteiger charge is 2.16. The van der Waals surface area contributed by atoms with Crippen molar-refractivity contribution in [1.29, 1.82) is 0 Å². The van der Waals surface area contributed by atoms with Crippen LogP contribution >= 0.6 is 11.6 Å². The van der Waals surface area contributed by atoms with Gasteiger partial charge in [0.05, 0.1) is 0 Å². The largest absolute Gasteiger partial charge is 0.345 e. The highest BCUT2D eigenvalue weighted by Crippen LogP contribution is 2.11. The van der Waals surface area contributed by atoms with Crippen LogP contribution in [-0.2, 0) is 11.3 Å². The Bertz CT molecular complexity index is 744. The quantitative estimate of drug-likeness (QED) is 0.337. The lowest BCUT2D eigenvalue weighted by molar-refractivity contribution is -0.117. The summed E-state index contributed by atoms with van der Waals surface area (Å²) in [6.45, 7) is 0.131. The van der Waals surface area contributed by atoms with Crippen molar-refractivity contribution in [2.24, 2.45) is 0 Å². The molecule has 2 amide bonds. The molecule has 0 spiro atoms. The van der Waals surface area contributed by atoms with Gasteiger partial charge in [0.1, 0.15) is 0 Å². The van der Waals surface area contributed by atoms with Gasteiger partial charge in [-0.25, -0.2) is 5.48 Å². The van der Waals surface area contributed by atoms with Gasteiger partial charge in [-0.05, 0) is 29.8 Å². The molecular weight excluding hydrogens is 320 g/mol. The molecule has 0 aliphatic heterocycles. The Balaban J connectivity index is 1.96. The van der Waals surface area contributed by atoms with Gasteiger partial charge in [0.2, 0.25) is 5.78 Å². The van der Waals surface area contributed by atoms with Crippen LogP contribution in [0.15, 0.2) is 48.5 Å². The second-order valence-corrected chi connectivity index (χ2v) is 5.10. The number of carbonyl (C=O) groups excluding carboxylic acids is 3. The second kappa shape index (κ2) is 7.53. The number of hydrogen-bond donors (Lipinski definition) is 3. The minimum Gasteiger partial charge on any atom is -0.345 e. The number of nitrogens with one attached hydrogen (secondary N) is 2. The lowest BCUT2D eigenvalue weighted by atomic mass is 10.1. The van der Waals surface area contributed by atoms with Crippen molar-refractivity contribution in [3.8, 4) is 0 Å². The highest BCUT2D eigenvalue weighted by molar-refractivity contribution is 6.43. The molecule has 2 rings (SSSR count). The third-order valence-electron chi connectivity index (χ3n) is 3.06. The highest BCUT2D eigenvalue weighted by atomic mass is 35.5. The molecule has 0 unspecified atom stereocenters. The Labute approximate surface area is 137 Å². The van der Waals surface area contributed by atoms with Gasteiger partial charge in [-0.15, -0.1) is 0 Å². The van der Waals surface area contributed by atoms with E-state index in [1.807, 2.05) is 0 Å². The normalized spacial score (nSPS) is 10.0. The molecule has 118 valence electrons. The fraction of sp³-hybridized carbons (Fsp3) is 0.0625. The summed E-state index contributed by atoms with van der Waals surface area (Å²) in [5, 5.41) is 11.4. The van der Waals surface area contributed by atoms with Gasteiger partial charge in [-0.3, -0.25) is 19.6 Å². The van der Waals surface area contributed by atoms with Crippen LogP contribution in [-0.4, -0.2) is 22.8 Å². The van der Waals surface area contributed by atoms with E-state index in [2.05, 4.69) is 5.32 Å². The molecule has 2 aromatic carbocycles. The van der Waals surface area contributed by atoms with Crippen LogP contribution in [0.25, 0.3) is 0 Å². The van der Waals surface area contributed by atoms with E-state index < -0.39 is 17.6 Å². The average Bonchev–Trinajstić information content (AvgIpc) is 2.58. The van der Waals surface area contributed by atoms with E-state index in [1.165, 1.54) is 29.7 Å². The Morgan fingerprint density at radius 3 is 2.30 bits per heavy atom. The first-order chi connectivity index (χ1) is 11.0. The van der Waals surface area contributed by atoms with Crippen LogP contribution in [0, 0.1) is 0 Å². The maximum atomic E-state index is 11.9. The molecule has 0 saturated heterocycles. The fourth-order valence-electron chi connectivity index (χ4n) is 1.86. The van der Waals surface area contributed by atoms with Crippen molar-refractivity contribution in [3.63, 3.8) is 0 Å². The molecule has 0 radical (unpaired) electrons. The molecule has 0 saturated carbocycles. The standard InChI is InChI=1S/C16H13ClN2O4/c17-13-3-1-2-12(8-13)14(20)16(22)18-9-10-4-6-11(7-5-10)15(21)19-23/h1-8,23H,9H2,(H,18,22)(H,19,21). The molecule has 2 aromatic rings. The number of carbonyl (C=O) groups is 3. The van der Waals surface area contributed by atoms with Crippen molar-refractivity contribution in [2.75, 3.05) is 0 Å². The van der Waals surface area contributed by atoms with Crippen molar-refractivity contribution in [2.45, 2.75) is 6.54 Å². The summed E-state index contributed by atoms with van der Waals surface area (Å²) in [4.78, 5) is 35.0. The van der Waals surface area contributed by atoms with Gasteiger partial charge in [0, 0.05) is 22.7 Å². The lowest BCUT2D eigenvalue weighted by Gasteiger charge is -2.06. The van der Waals surface area contributed by atoms with Crippen molar-refractivity contribution in [1.82, 2.24) is 10.8 Å². The number of benzene rings is 2. The molecule has 0 heterocycles. The molecule has 6 nitrogen and oxygen atoms in total. The van der Waals surface area contributed by atoms with Gasteiger partial charge in [-0.1, -0.05) is 35.9 Å². The molecule has 0 atom stereocenters. The minimum atomic E-state index is -0.746. The first kappa shape index (κ1) is 16.7. The SMILES string of the molecule is O=C(NCc1ccc(C(=O)NO)cc1)C(=O)c1cccc(Cl)c1. The van der Waals surface area contributed by atoms with E-state index in [0.717, 1.165) is 0 Å². The van der Waals surface area contributed by atoms with Crippen LogP contribution < -0.4 is 10.8 Å². The smallest absolute Gasteiger partial charge is 0.292 e. The number of rotatable bonds is 5. The summed E-state index contributed by atoms with van der Waals surface area (Å²) in [7, 11) is 0. The van der Waals surface area contributed by atoms with E-state index >= 15 is 0 Å². The Kier molecular flexibility index (Phi) is 5.46. The topological polar surface area (TPSA) is 95.5 Å². The summed E-state index contributed by atoms with van der Waals surface area (Å²) in [6.07, 6.45) is 0. The van der Waals surface area contributed by atoms with Gasteiger partial charge < -0.3 is 5.32 Å². The number of hydroxylamine groups is 1. The van der Waals surface area contributed by atoms with E-state index in [1.54, 1.807) is 24.3 Å². The summed E-state index contributed by atoms with van der Waals surface area (Å²) in [5.74, 6) is -2.05. The lowest BCUT2D eigenvalue weighted by Crippen LogP contribution is -2.30. The van der Waals surface area contributed by atoms with Crippen LogP contribution in [0.5, 0.6) is 0 Å². The molecule has 0 aliphatic rings. The summed E-state index contributed by atoms with van der Waals surface area (Å²) in [5.41, 5.74) is 2.71. The average molecular weight is 333 g/mol. The van der Waals surface area contributed by atoms with Crippen molar-refractivity contribution >= 4 is 29.2 Å². The summed E-state index contributed by atoms with van der Waals surface area (Å²) < 4.78 is 0. The maximum absolute atomic E-state index is 11.9. The van der Waals surface area contributed by atoms with E-state index in [-0.39, 0.29) is 17.7 Å². The number of hydrogen-bond acceptors (Lipinski definition) is 4. The molecule has 0 bridgehead atoms. The molecule has 0 aromatic heterocycles. The third kappa shape index (κ3) is 4.38. The summed E-state index contributed by atoms with van der Waals surface area (Å²) in [6, 6.07) is 12.3. The zero-order valence-electron chi connectivity index (χ0n) is 11.9. The van der Waals surface area contributed by atoms with Crippen LogP contribution in [0.3, 0.4) is 0 Å². The molecule has 3 N–H and O–H groups in total. The number of halogens is 1. The molecule has 23 heavy (non-hydrogen) atoms. The van der Waals surface area contributed by atoms with Crippen molar-refractivity contribution in [3.05, 3.63) is 70.2 Å². The molecule has 7 heteroatoms. The van der Waals surface area contributed by atoms with Crippen molar-refractivity contribution < 1.29 is 19.6 Å². The predicted molar refractivity (Wildman–Crippen MR) is 83.3 cm³/mol. The minimum absolute atomic E-state index is 0.131. The molecule has 0 fully saturated rings. The summed E-state index contributed by atoms with van der Waals surface area (Å²) >= 11 is 5.78. The van der Waals surface area contributed by atoms with Gasteiger partial charge in [0.25, 0.3) is 11.8 Å². The molecule has 0 aliphatic carbocycles. The first-order valence-electron chi connectivity index (χ1n) is 6.62. The van der Waals surface area contributed by atoms with Gasteiger partial charge >= 0.3 is 0 Å². The Hall–Kier alpha value is -2.70. The zero-order chi connectivity index (χ0) is 16.8. The Morgan fingerprint density at radius 1 is 1.00 bits per heavy atom. The van der Waals surface area contributed by atoms with Crippen LogP contribution in [0.1, 0.15) is 26.3 Å². The van der Waals surface area contributed by atoms with Crippen LogP contribution in [0.4, 0.5) is 0 Å².